The number of amides is 1. The molecule has 0 unspecified atom stereocenters. The zero-order valence-corrected chi connectivity index (χ0v) is 16.0. The van der Waals surface area contributed by atoms with Crippen molar-refractivity contribution < 1.29 is 4.79 Å². The number of hydrogen-bond donors (Lipinski definition) is 1. The molecule has 0 fully saturated rings. The molecule has 0 atom stereocenters. The van der Waals surface area contributed by atoms with E-state index in [0.717, 1.165) is 10.0 Å². The molecule has 1 N–H and O–H groups in total. The Morgan fingerprint density at radius 1 is 1.24 bits per heavy atom. The van der Waals surface area contributed by atoms with E-state index in [0.29, 0.717) is 23.1 Å². The number of aryl methyl sites for hydroxylation is 1. The first-order valence-electron chi connectivity index (χ1n) is 7.31. The van der Waals surface area contributed by atoms with Crippen molar-refractivity contribution in [3.05, 3.63) is 57.0 Å². The van der Waals surface area contributed by atoms with Crippen LogP contribution in [-0.4, -0.2) is 30.5 Å². The molecular formula is C15H13BrCl2N6O. The minimum absolute atomic E-state index is 0.182. The third kappa shape index (κ3) is 5.04. The Kier molecular flexibility index (Phi) is 5.72. The van der Waals surface area contributed by atoms with Crippen molar-refractivity contribution in [1.82, 2.24) is 24.5 Å². The normalized spacial score (nSPS) is 10.8. The fraction of sp³-hybridized carbons (Fsp3) is 0.200. The first-order chi connectivity index (χ1) is 12.0. The quantitative estimate of drug-likeness (QED) is 0.631. The molecule has 10 heteroatoms. The molecule has 7 nitrogen and oxygen atoms in total. The molecule has 130 valence electrons. The number of nitrogens with one attached hydrogen (secondary N) is 1. The number of benzene rings is 1. The van der Waals surface area contributed by atoms with E-state index in [1.54, 1.807) is 40.2 Å². The number of hydrogen-bond acceptors (Lipinski definition) is 4. The summed E-state index contributed by atoms with van der Waals surface area (Å²) in [6.07, 6.45) is 5.29. The Morgan fingerprint density at radius 3 is 2.80 bits per heavy atom. The summed E-state index contributed by atoms with van der Waals surface area (Å²) in [5.41, 5.74) is 0.932. The van der Waals surface area contributed by atoms with Crippen LogP contribution in [0.4, 0.5) is 5.95 Å². The molecule has 0 aliphatic rings. The number of halogens is 3. The molecule has 0 bridgehead atoms. The van der Waals surface area contributed by atoms with Crippen LogP contribution < -0.4 is 5.32 Å². The highest BCUT2D eigenvalue weighted by atomic mass is 79.9. The van der Waals surface area contributed by atoms with Gasteiger partial charge in [-0.3, -0.25) is 14.8 Å². The molecule has 0 spiro atoms. The first-order valence-corrected chi connectivity index (χ1v) is 8.85. The average Bonchev–Trinajstić information content (AvgIpc) is 3.18. The van der Waals surface area contributed by atoms with Crippen LogP contribution in [-0.2, 0) is 17.9 Å². The van der Waals surface area contributed by atoms with Gasteiger partial charge in [0.1, 0.15) is 6.33 Å². The van der Waals surface area contributed by atoms with Gasteiger partial charge in [0.05, 0.1) is 27.3 Å². The van der Waals surface area contributed by atoms with Crippen molar-refractivity contribution >= 4 is 51.0 Å². The van der Waals surface area contributed by atoms with Crippen LogP contribution in [0.25, 0.3) is 0 Å². The molecule has 3 aromatic rings. The van der Waals surface area contributed by atoms with Crippen LogP contribution in [0.2, 0.25) is 10.0 Å². The second-order valence-electron chi connectivity index (χ2n) is 5.23. The number of nitrogens with zero attached hydrogens (tertiary/aromatic N) is 5. The Hall–Kier alpha value is -1.90. The SMILES string of the molecule is O=C(CCn1cc(Br)cn1)Nc1ncn(Cc2ccc(Cl)c(Cl)c2)n1. The number of carbonyl (C=O) groups excluding carboxylic acids is 1. The van der Waals surface area contributed by atoms with Crippen LogP contribution in [0.15, 0.2) is 41.4 Å². The van der Waals surface area contributed by atoms with Crippen LogP contribution in [0.1, 0.15) is 12.0 Å². The maximum atomic E-state index is 12.0. The van der Waals surface area contributed by atoms with E-state index in [2.05, 4.69) is 36.4 Å². The number of carbonyl (C=O) groups is 1. The molecule has 1 aromatic carbocycles. The second kappa shape index (κ2) is 7.99. The highest BCUT2D eigenvalue weighted by Crippen LogP contribution is 2.22. The third-order valence-corrected chi connectivity index (χ3v) is 4.43. The second-order valence-corrected chi connectivity index (χ2v) is 6.96. The molecule has 2 aromatic heterocycles. The Balaban J connectivity index is 1.53. The molecular weight excluding hydrogens is 431 g/mol. The van der Waals surface area contributed by atoms with E-state index in [9.17, 15) is 4.79 Å². The van der Waals surface area contributed by atoms with E-state index >= 15 is 0 Å². The number of anilines is 1. The van der Waals surface area contributed by atoms with Gasteiger partial charge in [-0.25, -0.2) is 9.67 Å². The summed E-state index contributed by atoms with van der Waals surface area (Å²) in [5.74, 6) is 0.0746. The average molecular weight is 444 g/mol. The fourth-order valence-electron chi connectivity index (χ4n) is 2.12. The van der Waals surface area contributed by atoms with Gasteiger partial charge in [0.15, 0.2) is 0 Å². The van der Waals surface area contributed by atoms with E-state index in [1.807, 2.05) is 6.07 Å². The molecule has 0 aliphatic heterocycles. The Morgan fingerprint density at radius 2 is 2.08 bits per heavy atom. The fourth-order valence-corrected chi connectivity index (χ4v) is 2.77. The summed E-state index contributed by atoms with van der Waals surface area (Å²) in [7, 11) is 0. The van der Waals surface area contributed by atoms with Gasteiger partial charge in [-0.2, -0.15) is 5.10 Å². The van der Waals surface area contributed by atoms with Gasteiger partial charge < -0.3 is 0 Å². The van der Waals surface area contributed by atoms with E-state index < -0.39 is 0 Å². The molecule has 0 saturated heterocycles. The van der Waals surface area contributed by atoms with Crippen molar-refractivity contribution in [1.29, 1.82) is 0 Å². The largest absolute Gasteiger partial charge is 0.293 e. The standard InChI is InChI=1S/C15H13BrCl2N6O/c16-11-6-20-23(8-11)4-3-14(25)21-15-19-9-24(22-15)7-10-1-2-12(17)13(18)5-10/h1-2,5-6,8-9H,3-4,7H2,(H,21,22,25). The first kappa shape index (κ1) is 17.9. The highest BCUT2D eigenvalue weighted by Gasteiger charge is 2.08. The summed E-state index contributed by atoms with van der Waals surface area (Å²) in [4.78, 5) is 16.0. The topological polar surface area (TPSA) is 77.6 Å². The number of rotatable bonds is 6. The highest BCUT2D eigenvalue weighted by molar-refractivity contribution is 9.10. The maximum absolute atomic E-state index is 12.0. The minimum Gasteiger partial charge on any atom is -0.293 e. The molecule has 3 rings (SSSR count). The molecule has 1 amide bonds. The lowest BCUT2D eigenvalue weighted by Gasteiger charge is -2.03. The van der Waals surface area contributed by atoms with Crippen LogP contribution in [0.5, 0.6) is 0 Å². The van der Waals surface area contributed by atoms with Crippen LogP contribution >= 0.6 is 39.1 Å². The zero-order chi connectivity index (χ0) is 17.8. The summed E-state index contributed by atoms with van der Waals surface area (Å²) in [5, 5.41) is 12.0. The Labute approximate surface area is 162 Å². The van der Waals surface area contributed by atoms with E-state index in [4.69, 9.17) is 23.2 Å². The van der Waals surface area contributed by atoms with Crippen LogP contribution in [0.3, 0.4) is 0 Å². The summed E-state index contributed by atoms with van der Waals surface area (Å²) in [6.45, 7) is 0.947. The summed E-state index contributed by atoms with van der Waals surface area (Å²) in [6, 6.07) is 5.36. The lowest BCUT2D eigenvalue weighted by molar-refractivity contribution is -0.116. The van der Waals surface area contributed by atoms with E-state index in [1.165, 1.54) is 0 Å². The minimum atomic E-state index is -0.182. The molecule has 0 saturated carbocycles. The van der Waals surface area contributed by atoms with Crippen LogP contribution in [0, 0.1) is 0 Å². The molecule has 0 radical (unpaired) electrons. The van der Waals surface area contributed by atoms with Crippen molar-refractivity contribution in [3.8, 4) is 0 Å². The zero-order valence-electron chi connectivity index (χ0n) is 12.9. The third-order valence-electron chi connectivity index (χ3n) is 3.29. The van der Waals surface area contributed by atoms with Gasteiger partial charge in [0, 0.05) is 19.2 Å². The smallest absolute Gasteiger partial charge is 0.248 e. The van der Waals surface area contributed by atoms with Crippen molar-refractivity contribution in [2.75, 3.05) is 5.32 Å². The van der Waals surface area contributed by atoms with Crippen molar-refractivity contribution in [2.45, 2.75) is 19.5 Å². The Bertz CT molecular complexity index is 894. The monoisotopic (exact) mass is 442 g/mol. The maximum Gasteiger partial charge on any atom is 0.248 e. The predicted molar refractivity (Wildman–Crippen MR) is 98.8 cm³/mol. The lowest BCUT2D eigenvalue weighted by Crippen LogP contribution is -2.16. The number of aromatic nitrogens is 5. The predicted octanol–water partition coefficient (Wildman–Crippen LogP) is 3.62. The van der Waals surface area contributed by atoms with Gasteiger partial charge in [-0.1, -0.05) is 29.3 Å². The van der Waals surface area contributed by atoms with Gasteiger partial charge in [-0.05, 0) is 33.6 Å². The van der Waals surface area contributed by atoms with Gasteiger partial charge in [-0.15, -0.1) is 5.10 Å². The molecule has 25 heavy (non-hydrogen) atoms. The van der Waals surface area contributed by atoms with Crippen molar-refractivity contribution in [2.24, 2.45) is 0 Å². The van der Waals surface area contributed by atoms with Gasteiger partial charge >= 0.3 is 0 Å². The van der Waals surface area contributed by atoms with E-state index in [-0.39, 0.29) is 18.3 Å². The molecule has 2 heterocycles. The van der Waals surface area contributed by atoms with Gasteiger partial charge in [0.2, 0.25) is 11.9 Å². The lowest BCUT2D eigenvalue weighted by atomic mass is 10.2. The van der Waals surface area contributed by atoms with Crippen molar-refractivity contribution in [3.63, 3.8) is 0 Å². The summed E-state index contributed by atoms with van der Waals surface area (Å²) < 4.78 is 4.16. The van der Waals surface area contributed by atoms with Gasteiger partial charge in [0.25, 0.3) is 0 Å². The summed E-state index contributed by atoms with van der Waals surface area (Å²) >= 11 is 15.2. The molecule has 0 aliphatic carbocycles.